The first kappa shape index (κ1) is 53.1. The van der Waals surface area contributed by atoms with Crippen molar-refractivity contribution in [3.63, 3.8) is 0 Å². The molecule has 1 aliphatic carbocycles. The van der Waals surface area contributed by atoms with Crippen molar-refractivity contribution >= 4 is 29.2 Å². The highest BCUT2D eigenvalue weighted by Gasteiger charge is 2.53. The summed E-state index contributed by atoms with van der Waals surface area (Å²) in [7, 11) is 4.73. The third-order valence-electron chi connectivity index (χ3n) is 15.1. The normalized spacial score (nSPS) is 39.6. The van der Waals surface area contributed by atoms with Crippen LogP contribution >= 0.6 is 0 Å². The largest absolute Gasteiger partial charge is 0.460 e. The molecule has 1 aromatic rings. The number of fused-ring (bicyclic) bond motifs is 5. The number of cyclic esters (lactones) is 1. The molecular formula is C51H75N5O12. The standard InChI is InChI=1S/C51H75N5O12/c1-30-15-11-10-12-16-31(2)41(63-7)27-37-20-18-35(6)51(62,68-37)48(59)49(60)55-22-14-13-17-39(55)50(61)67-42(33(4)25-36-19-21-38(43(26-36)64-8)56-53-29-52-54-56)28-40(57)32(3)24-34(5)46-47(65-9)45(58)44(23-30)66-46/h10-12,15-16,24,29-30,32-33,35-39,41-44,46-47,62H,13-14,17-23,25-28H2,1-9H3/b12-10+,15-11+,31-16+,34-24+/t30-,32-,33-,35?,36?,37+,38?,39?,41+,42+,43?,44?,46-,47?,51+/m1/s1. The highest BCUT2D eigenvalue weighted by Crippen LogP contribution is 2.39. The highest BCUT2D eigenvalue weighted by molar-refractivity contribution is 6.39. The van der Waals surface area contributed by atoms with Gasteiger partial charge in [-0.2, -0.15) is 4.80 Å². The lowest BCUT2D eigenvalue weighted by Crippen LogP contribution is -2.61. The Labute approximate surface area is 401 Å². The van der Waals surface area contributed by atoms with Gasteiger partial charge in [-0.15, -0.1) is 10.2 Å². The minimum atomic E-state index is -2.42. The van der Waals surface area contributed by atoms with Crippen molar-refractivity contribution in [3.05, 3.63) is 53.9 Å². The molecule has 1 aromatic heterocycles. The predicted octanol–water partition coefficient (Wildman–Crippen LogP) is 5.82. The summed E-state index contributed by atoms with van der Waals surface area (Å²) in [4.78, 5) is 73.8. The van der Waals surface area contributed by atoms with E-state index in [1.165, 1.54) is 18.3 Å². The third-order valence-corrected chi connectivity index (χ3v) is 15.1. The molecule has 0 radical (unpaired) electrons. The molecule has 0 spiro atoms. The number of esters is 1. The first-order valence-corrected chi connectivity index (χ1v) is 24.7. The summed E-state index contributed by atoms with van der Waals surface area (Å²) in [5.41, 5.74) is 1.57. The molecule has 6 rings (SSSR count). The van der Waals surface area contributed by atoms with Crippen LogP contribution in [0, 0.1) is 29.6 Å². The summed E-state index contributed by atoms with van der Waals surface area (Å²) in [6.45, 7) is 11.3. The van der Waals surface area contributed by atoms with E-state index < -0.39 is 77.9 Å². The Balaban J connectivity index is 1.30. The van der Waals surface area contributed by atoms with Crippen molar-refractivity contribution in [2.24, 2.45) is 29.6 Å². The van der Waals surface area contributed by atoms with Crippen LogP contribution in [0.1, 0.15) is 125 Å². The predicted molar refractivity (Wildman–Crippen MR) is 249 cm³/mol. The van der Waals surface area contributed by atoms with Gasteiger partial charge in [0.25, 0.3) is 11.7 Å². The molecule has 0 aromatic carbocycles. The number of amides is 1. The average Bonchev–Trinajstić information content (AvgIpc) is 3.98. The molecule has 17 heteroatoms. The number of carbonyl (C=O) groups excluding carboxylic acids is 5. The van der Waals surface area contributed by atoms with Crippen molar-refractivity contribution < 1.29 is 57.5 Å². The van der Waals surface area contributed by atoms with E-state index in [1.54, 1.807) is 38.9 Å². The zero-order valence-corrected chi connectivity index (χ0v) is 41.5. The first-order chi connectivity index (χ1) is 32.5. The van der Waals surface area contributed by atoms with Crippen molar-refractivity contribution in [1.82, 2.24) is 25.1 Å². The third kappa shape index (κ3) is 12.5. The zero-order chi connectivity index (χ0) is 49.3. The van der Waals surface area contributed by atoms with E-state index >= 15 is 0 Å². The number of rotatable bonds is 7. The molecule has 4 fully saturated rings. The molecule has 15 atom stereocenters. The van der Waals surface area contributed by atoms with Crippen LogP contribution < -0.4 is 0 Å². The number of methoxy groups -OCH3 is 3. The Kier molecular flexibility index (Phi) is 18.8. The molecule has 68 heavy (non-hydrogen) atoms. The van der Waals surface area contributed by atoms with Gasteiger partial charge in [0.05, 0.1) is 24.4 Å². The second-order valence-electron chi connectivity index (χ2n) is 20.0. The number of aromatic nitrogens is 4. The Morgan fingerprint density at radius 2 is 1.68 bits per heavy atom. The second kappa shape index (κ2) is 24.0. The number of allylic oxidation sites excluding steroid dienone is 6. The van der Waals surface area contributed by atoms with Gasteiger partial charge in [-0.05, 0) is 112 Å². The number of ether oxygens (including phenoxy) is 6. The number of hydrogen-bond donors (Lipinski definition) is 1. The summed E-state index contributed by atoms with van der Waals surface area (Å²) in [5, 5.41) is 24.2. The van der Waals surface area contributed by atoms with Gasteiger partial charge in [0, 0.05) is 52.6 Å². The van der Waals surface area contributed by atoms with Crippen LogP contribution in [-0.4, -0.2) is 142 Å². The number of piperidine rings is 1. The monoisotopic (exact) mass is 950 g/mol. The van der Waals surface area contributed by atoms with Crippen LogP contribution in [0.15, 0.2) is 53.9 Å². The highest BCUT2D eigenvalue weighted by atomic mass is 16.6. The van der Waals surface area contributed by atoms with Crippen LogP contribution in [0.4, 0.5) is 0 Å². The summed E-state index contributed by atoms with van der Waals surface area (Å²) >= 11 is 0. The van der Waals surface area contributed by atoms with Gasteiger partial charge < -0.3 is 38.4 Å². The van der Waals surface area contributed by atoms with Crippen LogP contribution in [0.3, 0.4) is 0 Å². The molecular weight excluding hydrogens is 875 g/mol. The molecule has 4 bridgehead atoms. The lowest BCUT2D eigenvalue weighted by atomic mass is 9.77. The number of Topliss-reactive ketones (excluding diaryl/α,β-unsaturated/α-hetero) is 3. The lowest BCUT2D eigenvalue weighted by Gasteiger charge is -2.42. The van der Waals surface area contributed by atoms with Crippen molar-refractivity contribution in [2.75, 3.05) is 27.9 Å². The summed E-state index contributed by atoms with van der Waals surface area (Å²) in [6, 6.07) is -1.21. The van der Waals surface area contributed by atoms with Gasteiger partial charge in [0.15, 0.2) is 12.1 Å². The van der Waals surface area contributed by atoms with Gasteiger partial charge in [-0.3, -0.25) is 19.2 Å². The summed E-state index contributed by atoms with van der Waals surface area (Å²) in [6.07, 6.45) is 14.3. The molecule has 376 valence electrons. The van der Waals surface area contributed by atoms with Crippen molar-refractivity contribution in [3.8, 4) is 0 Å². The molecule has 4 aliphatic heterocycles. The van der Waals surface area contributed by atoms with E-state index in [0.717, 1.165) is 18.4 Å². The van der Waals surface area contributed by atoms with Crippen LogP contribution in [0.5, 0.6) is 0 Å². The minimum absolute atomic E-state index is 0.0130. The number of aliphatic hydroxyl groups is 1. The zero-order valence-electron chi connectivity index (χ0n) is 41.5. The molecule has 7 unspecified atom stereocenters. The molecule has 3 saturated heterocycles. The van der Waals surface area contributed by atoms with E-state index in [1.807, 2.05) is 58.1 Å². The van der Waals surface area contributed by atoms with E-state index in [9.17, 15) is 29.1 Å². The van der Waals surface area contributed by atoms with Crippen LogP contribution in [-0.2, 0) is 52.4 Å². The molecule has 1 amide bonds. The minimum Gasteiger partial charge on any atom is -0.460 e. The molecule has 5 aliphatic rings. The lowest BCUT2D eigenvalue weighted by molar-refractivity contribution is -0.265. The number of tetrazole rings is 1. The first-order valence-electron chi connectivity index (χ1n) is 24.7. The van der Waals surface area contributed by atoms with E-state index in [4.69, 9.17) is 28.4 Å². The second-order valence-corrected chi connectivity index (χ2v) is 20.0. The average molecular weight is 950 g/mol. The van der Waals surface area contributed by atoms with E-state index in [2.05, 4.69) is 15.4 Å². The Morgan fingerprint density at radius 1 is 0.897 bits per heavy atom. The Morgan fingerprint density at radius 3 is 2.38 bits per heavy atom. The van der Waals surface area contributed by atoms with Gasteiger partial charge in [0.1, 0.15) is 36.2 Å². The van der Waals surface area contributed by atoms with Gasteiger partial charge in [-0.1, -0.05) is 64.2 Å². The van der Waals surface area contributed by atoms with Crippen LogP contribution in [0.2, 0.25) is 0 Å². The number of nitrogens with zero attached hydrogens (tertiary/aromatic N) is 5. The van der Waals surface area contributed by atoms with Gasteiger partial charge >= 0.3 is 5.97 Å². The maximum Gasteiger partial charge on any atom is 0.329 e. The maximum atomic E-state index is 14.5. The van der Waals surface area contributed by atoms with Crippen molar-refractivity contribution in [2.45, 2.75) is 179 Å². The Hall–Kier alpha value is -4.26. The fourth-order valence-corrected chi connectivity index (χ4v) is 10.9. The SMILES string of the molecule is COC1CC(C[C@@H](C)[C@@H]2CC(=O)[C@H](C)/C=C(\C)[C@H]3OC(C[C@H](C)/C=C/C=C/C=C(\C)[C@@H](OC)C[C@@H]4CCC(C)[C@](O)(O4)C(=O)C(=O)N4CCCCC4C(=O)O2)C(=O)C3OC)CCC1n1ncnn1. The number of hydrogen-bond acceptors (Lipinski definition) is 15. The molecule has 1 saturated carbocycles. The number of carbonyl (C=O) groups is 5. The molecule has 1 N–H and O–H groups in total. The van der Waals surface area contributed by atoms with Crippen LogP contribution in [0.25, 0.3) is 0 Å². The van der Waals surface area contributed by atoms with Crippen molar-refractivity contribution in [1.29, 1.82) is 0 Å². The van der Waals surface area contributed by atoms with Gasteiger partial charge in [0.2, 0.25) is 5.79 Å². The maximum absolute atomic E-state index is 14.5. The quantitative estimate of drug-likeness (QED) is 0.194. The smallest absolute Gasteiger partial charge is 0.329 e. The molecule has 17 nitrogen and oxygen atoms in total. The fraction of sp³-hybridized carbons (Fsp3) is 0.725. The van der Waals surface area contributed by atoms with Gasteiger partial charge in [-0.25, -0.2) is 4.79 Å². The summed E-state index contributed by atoms with van der Waals surface area (Å²) in [5.74, 6) is -7.10. The Bertz CT molecular complexity index is 2040. The number of ketones is 3. The summed E-state index contributed by atoms with van der Waals surface area (Å²) < 4.78 is 36.4. The van der Waals surface area contributed by atoms with E-state index in [0.29, 0.717) is 56.9 Å². The van der Waals surface area contributed by atoms with E-state index in [-0.39, 0.29) is 60.9 Å². The molecule has 5 heterocycles. The topological polar surface area (TPSA) is 208 Å². The fourth-order valence-electron chi connectivity index (χ4n) is 10.9.